The molecule has 0 bridgehead atoms. The van der Waals surface area contributed by atoms with Crippen molar-refractivity contribution in [2.24, 2.45) is 17.8 Å². The molecule has 1 heterocycles. The van der Waals surface area contributed by atoms with E-state index < -0.39 is 18.5 Å². The van der Waals surface area contributed by atoms with Crippen molar-refractivity contribution in [2.75, 3.05) is 19.0 Å². The standard InChI is InChI=1S/C31H38N2O6/c1-6-33(18-37-27-13-9-11-24-10-7-8-12-25(24)27)31(35)36-17-23-14-15-28(26(32)16-23)38-30-21(4)19(2)20(3)29(39-30)22(5)34/h7-16,19-21,29-30H,6,17-18,32H2,1-5H3/t19-,20?,21-,29?,30?/m0/s1. The van der Waals surface area contributed by atoms with Gasteiger partial charge in [0.1, 0.15) is 24.2 Å². The molecule has 208 valence electrons. The Bertz CT molecular complexity index is 1310. The maximum atomic E-state index is 12.7. The molecule has 5 atom stereocenters. The summed E-state index contributed by atoms with van der Waals surface area (Å²) in [6.45, 7) is 10.1. The van der Waals surface area contributed by atoms with Gasteiger partial charge in [-0.25, -0.2) is 4.79 Å². The maximum Gasteiger partial charge on any atom is 0.412 e. The number of rotatable bonds is 9. The molecule has 8 nitrogen and oxygen atoms in total. The predicted molar refractivity (Wildman–Crippen MR) is 150 cm³/mol. The van der Waals surface area contributed by atoms with Crippen LogP contribution < -0.4 is 15.2 Å². The number of nitrogen functional groups attached to an aromatic ring is 1. The van der Waals surface area contributed by atoms with Gasteiger partial charge in [-0.2, -0.15) is 0 Å². The van der Waals surface area contributed by atoms with Crippen molar-refractivity contribution in [3.8, 4) is 11.5 Å². The lowest BCUT2D eigenvalue weighted by Crippen LogP contribution is -2.49. The van der Waals surface area contributed by atoms with Gasteiger partial charge in [0.05, 0.1) is 5.69 Å². The summed E-state index contributed by atoms with van der Waals surface area (Å²) in [6, 6.07) is 19.0. The molecule has 1 aliphatic rings. The third-order valence-electron chi connectivity index (χ3n) is 7.69. The number of amides is 1. The number of hydrogen-bond donors (Lipinski definition) is 1. The number of benzene rings is 3. The highest BCUT2D eigenvalue weighted by atomic mass is 16.7. The number of carbonyl (C=O) groups is 2. The third kappa shape index (κ3) is 6.45. The van der Waals surface area contributed by atoms with Crippen LogP contribution in [0.25, 0.3) is 10.8 Å². The molecule has 1 amide bonds. The first-order valence-corrected chi connectivity index (χ1v) is 13.4. The fourth-order valence-corrected chi connectivity index (χ4v) is 4.89. The molecule has 0 saturated carbocycles. The molecule has 0 aliphatic carbocycles. The Balaban J connectivity index is 1.34. The van der Waals surface area contributed by atoms with Crippen LogP contribution in [-0.2, 0) is 20.9 Å². The zero-order valence-electron chi connectivity index (χ0n) is 23.3. The van der Waals surface area contributed by atoms with E-state index in [4.69, 9.17) is 24.7 Å². The molecule has 8 heteroatoms. The highest BCUT2D eigenvalue weighted by Gasteiger charge is 2.42. The smallest absolute Gasteiger partial charge is 0.412 e. The molecule has 3 aromatic rings. The molecule has 3 aromatic carbocycles. The summed E-state index contributed by atoms with van der Waals surface area (Å²) in [6.07, 6.45) is -1.58. The van der Waals surface area contributed by atoms with Gasteiger partial charge in [-0.15, -0.1) is 0 Å². The van der Waals surface area contributed by atoms with Crippen molar-refractivity contribution >= 4 is 28.3 Å². The summed E-state index contributed by atoms with van der Waals surface area (Å²) in [5.74, 6) is 1.58. The minimum Gasteiger partial charge on any atom is -0.472 e. The van der Waals surface area contributed by atoms with Gasteiger partial charge < -0.3 is 24.7 Å². The fraction of sp³-hybridized carbons (Fsp3) is 0.419. The number of hydrogen-bond acceptors (Lipinski definition) is 7. The first-order chi connectivity index (χ1) is 18.7. The quantitative estimate of drug-likeness (QED) is 0.265. The van der Waals surface area contributed by atoms with Crippen molar-refractivity contribution < 1.29 is 28.5 Å². The Hall–Kier alpha value is -3.78. The Morgan fingerprint density at radius 1 is 0.949 bits per heavy atom. The van der Waals surface area contributed by atoms with Crippen molar-refractivity contribution in [2.45, 2.75) is 53.6 Å². The summed E-state index contributed by atoms with van der Waals surface area (Å²) in [7, 11) is 0. The SMILES string of the molecule is CCN(COc1cccc2ccccc12)C(=O)OCc1ccc(OC2OC(C(C)=O)C(C)[C@H](C)[C@@H]2C)c(N)c1. The normalized spacial score (nSPS) is 22.7. The van der Waals surface area contributed by atoms with Crippen molar-refractivity contribution in [1.82, 2.24) is 4.90 Å². The van der Waals surface area contributed by atoms with E-state index in [1.54, 1.807) is 25.1 Å². The van der Waals surface area contributed by atoms with Gasteiger partial charge in [-0.3, -0.25) is 9.69 Å². The molecule has 1 saturated heterocycles. The van der Waals surface area contributed by atoms with Crippen LogP contribution in [0, 0.1) is 17.8 Å². The van der Waals surface area contributed by atoms with Gasteiger partial charge in [0.2, 0.25) is 6.29 Å². The van der Waals surface area contributed by atoms with E-state index in [9.17, 15) is 9.59 Å². The molecule has 2 N–H and O–H groups in total. The predicted octanol–water partition coefficient (Wildman–Crippen LogP) is 6.02. The number of fused-ring (bicyclic) bond motifs is 1. The molecule has 0 spiro atoms. The largest absolute Gasteiger partial charge is 0.472 e. The van der Waals surface area contributed by atoms with Gasteiger partial charge in [0.25, 0.3) is 0 Å². The number of Topliss-reactive ketones (excluding diaryl/α,β-unsaturated/α-hetero) is 1. The van der Waals surface area contributed by atoms with E-state index in [2.05, 4.69) is 13.8 Å². The van der Waals surface area contributed by atoms with Gasteiger partial charge in [-0.1, -0.05) is 63.2 Å². The highest BCUT2D eigenvalue weighted by Crippen LogP contribution is 2.37. The van der Waals surface area contributed by atoms with E-state index in [0.717, 1.165) is 16.3 Å². The summed E-state index contributed by atoms with van der Waals surface area (Å²) in [4.78, 5) is 26.3. The van der Waals surface area contributed by atoms with Crippen molar-refractivity contribution in [3.63, 3.8) is 0 Å². The minimum atomic E-state index is -0.587. The number of anilines is 1. The molecular weight excluding hydrogens is 496 g/mol. The number of carbonyl (C=O) groups excluding carboxylic acids is 2. The maximum absolute atomic E-state index is 12.7. The molecular formula is C31H38N2O6. The first-order valence-electron chi connectivity index (χ1n) is 13.4. The summed E-state index contributed by atoms with van der Waals surface area (Å²) >= 11 is 0. The third-order valence-corrected chi connectivity index (χ3v) is 7.69. The van der Waals surface area contributed by atoms with E-state index in [1.807, 2.05) is 56.3 Å². The van der Waals surface area contributed by atoms with Gasteiger partial charge in [-0.05, 0) is 54.8 Å². The van der Waals surface area contributed by atoms with Crippen LogP contribution in [0.4, 0.5) is 10.5 Å². The number of ether oxygens (including phenoxy) is 4. The number of ketones is 1. The van der Waals surface area contributed by atoms with Crippen LogP contribution in [0.15, 0.2) is 60.7 Å². The van der Waals surface area contributed by atoms with E-state index in [1.165, 1.54) is 4.90 Å². The lowest BCUT2D eigenvalue weighted by molar-refractivity contribution is -0.209. The Morgan fingerprint density at radius 2 is 1.69 bits per heavy atom. The van der Waals surface area contributed by atoms with E-state index >= 15 is 0 Å². The van der Waals surface area contributed by atoms with Gasteiger partial charge in [0, 0.05) is 17.8 Å². The monoisotopic (exact) mass is 534 g/mol. The highest BCUT2D eigenvalue weighted by molar-refractivity contribution is 5.88. The summed E-state index contributed by atoms with van der Waals surface area (Å²) in [5, 5.41) is 2.05. The minimum absolute atomic E-state index is 0.0105. The summed E-state index contributed by atoms with van der Waals surface area (Å²) in [5.41, 5.74) is 7.39. The van der Waals surface area contributed by atoms with Crippen LogP contribution in [-0.4, -0.2) is 42.4 Å². The lowest BCUT2D eigenvalue weighted by atomic mass is 9.78. The van der Waals surface area contributed by atoms with E-state index in [-0.39, 0.29) is 36.9 Å². The number of nitrogens with two attached hydrogens (primary N) is 1. The average molecular weight is 535 g/mol. The fourth-order valence-electron chi connectivity index (χ4n) is 4.89. The van der Waals surface area contributed by atoms with Crippen molar-refractivity contribution in [1.29, 1.82) is 0 Å². The Kier molecular flexibility index (Phi) is 8.97. The van der Waals surface area contributed by atoms with Crippen LogP contribution in [0.2, 0.25) is 0 Å². The molecule has 39 heavy (non-hydrogen) atoms. The van der Waals surface area contributed by atoms with E-state index in [0.29, 0.717) is 23.7 Å². The Labute approximate surface area is 230 Å². The second kappa shape index (κ2) is 12.4. The average Bonchev–Trinajstić information content (AvgIpc) is 2.93. The molecule has 4 rings (SSSR count). The topological polar surface area (TPSA) is 100 Å². The number of nitrogens with zero attached hydrogens (tertiary/aromatic N) is 1. The van der Waals surface area contributed by atoms with Crippen LogP contribution >= 0.6 is 0 Å². The second-order valence-electron chi connectivity index (χ2n) is 10.3. The first kappa shape index (κ1) is 28.2. The molecule has 1 fully saturated rings. The van der Waals surface area contributed by atoms with Gasteiger partial charge >= 0.3 is 6.09 Å². The zero-order valence-corrected chi connectivity index (χ0v) is 23.3. The molecule has 0 radical (unpaired) electrons. The van der Waals surface area contributed by atoms with Gasteiger partial charge in [0.15, 0.2) is 12.5 Å². The zero-order chi connectivity index (χ0) is 28.1. The molecule has 1 aliphatic heterocycles. The second-order valence-corrected chi connectivity index (χ2v) is 10.3. The Morgan fingerprint density at radius 3 is 2.41 bits per heavy atom. The van der Waals surface area contributed by atoms with Crippen LogP contribution in [0.1, 0.15) is 40.2 Å². The molecule has 3 unspecified atom stereocenters. The lowest BCUT2D eigenvalue weighted by Gasteiger charge is -2.42. The van der Waals surface area contributed by atoms with Crippen molar-refractivity contribution in [3.05, 3.63) is 66.2 Å². The summed E-state index contributed by atoms with van der Waals surface area (Å²) < 4.78 is 23.6. The van der Waals surface area contributed by atoms with Crippen LogP contribution in [0.5, 0.6) is 11.5 Å². The molecule has 0 aromatic heterocycles. The van der Waals surface area contributed by atoms with Crippen LogP contribution in [0.3, 0.4) is 0 Å².